The van der Waals surface area contributed by atoms with Crippen molar-refractivity contribution in [3.8, 4) is 5.75 Å². The fraction of sp³-hybridized carbons (Fsp3) is 0.639. The van der Waals surface area contributed by atoms with Crippen molar-refractivity contribution in [2.75, 3.05) is 19.7 Å². The molecule has 4 atom stereocenters. The molecule has 2 fully saturated rings. The topological polar surface area (TPSA) is 143 Å². The van der Waals surface area contributed by atoms with Crippen LogP contribution in [0.4, 0.5) is 0 Å². The summed E-state index contributed by atoms with van der Waals surface area (Å²) in [7, 11) is 0. The van der Waals surface area contributed by atoms with E-state index < -0.39 is 47.4 Å². The molecule has 258 valence electrons. The van der Waals surface area contributed by atoms with Crippen LogP contribution in [-0.4, -0.2) is 83.8 Å². The molecule has 3 N–H and O–H groups in total. The second-order valence-corrected chi connectivity index (χ2v) is 13.7. The monoisotopic (exact) mass is 652 g/mol. The maximum Gasteiger partial charge on any atom is 0.289 e. The Morgan fingerprint density at radius 3 is 2.66 bits per heavy atom. The molecule has 2 unspecified atom stereocenters. The number of ether oxygens (including phenoxy) is 2. The summed E-state index contributed by atoms with van der Waals surface area (Å²) in [5.74, 6) is -2.05. The van der Waals surface area contributed by atoms with Crippen LogP contribution >= 0.6 is 0 Å². The van der Waals surface area contributed by atoms with Crippen molar-refractivity contribution in [3.63, 3.8) is 0 Å². The summed E-state index contributed by atoms with van der Waals surface area (Å²) in [4.78, 5) is 69.2. The molecule has 0 radical (unpaired) electrons. The van der Waals surface area contributed by atoms with Crippen LogP contribution in [0.5, 0.6) is 5.75 Å². The number of unbranched alkanes of at least 4 members (excludes halogenated alkanes) is 1. The SMILES string of the molecule is C=CCNC(=O)C(=O)C(CCCC)NC(=O)C1C[C@@H]2CN1C(=O)[C@H](C1CCCCC1)NC(=O)Cc1cccc(c1)OCCC(C)(C)O2. The number of carbonyl (C=O) groups excluding carboxylic acids is 5. The zero-order valence-electron chi connectivity index (χ0n) is 28.2. The van der Waals surface area contributed by atoms with Gasteiger partial charge in [-0.05, 0) is 56.7 Å². The van der Waals surface area contributed by atoms with Crippen molar-refractivity contribution >= 4 is 29.4 Å². The van der Waals surface area contributed by atoms with Crippen LogP contribution in [0.1, 0.15) is 90.5 Å². The van der Waals surface area contributed by atoms with Crippen molar-refractivity contribution < 1.29 is 33.4 Å². The summed E-state index contributed by atoms with van der Waals surface area (Å²) in [6, 6.07) is 4.62. The Hall–Kier alpha value is -3.73. The van der Waals surface area contributed by atoms with Crippen molar-refractivity contribution in [3.05, 3.63) is 42.5 Å². The Labute approximate surface area is 278 Å². The van der Waals surface area contributed by atoms with Gasteiger partial charge in [0.25, 0.3) is 5.91 Å². The molecule has 0 spiro atoms. The highest BCUT2D eigenvalue weighted by molar-refractivity contribution is 6.38. The quantitative estimate of drug-likeness (QED) is 0.260. The minimum absolute atomic E-state index is 0.0682. The Balaban J connectivity index is 1.64. The Morgan fingerprint density at radius 2 is 1.94 bits per heavy atom. The Morgan fingerprint density at radius 1 is 1.17 bits per heavy atom. The maximum absolute atomic E-state index is 14.5. The Kier molecular flexibility index (Phi) is 13.0. The van der Waals surface area contributed by atoms with Crippen LogP contribution in [0, 0.1) is 5.92 Å². The number of nitrogens with zero attached hydrogens (tertiary/aromatic N) is 1. The molecule has 2 aliphatic heterocycles. The number of fused-ring (bicyclic) bond motifs is 4. The Bertz CT molecular complexity index is 1290. The van der Waals surface area contributed by atoms with Gasteiger partial charge in [0, 0.05) is 25.9 Å². The van der Waals surface area contributed by atoms with Gasteiger partial charge in [0.1, 0.15) is 17.8 Å². The smallest absolute Gasteiger partial charge is 0.289 e. The molecule has 2 heterocycles. The molecule has 4 rings (SSSR count). The van der Waals surface area contributed by atoms with E-state index in [1.54, 1.807) is 0 Å². The summed E-state index contributed by atoms with van der Waals surface area (Å²) < 4.78 is 12.6. The second-order valence-electron chi connectivity index (χ2n) is 13.7. The molecule has 11 heteroatoms. The van der Waals surface area contributed by atoms with Gasteiger partial charge in [0.15, 0.2) is 0 Å². The molecule has 0 aromatic heterocycles. The van der Waals surface area contributed by atoms with E-state index in [1.165, 1.54) is 11.0 Å². The van der Waals surface area contributed by atoms with Gasteiger partial charge >= 0.3 is 0 Å². The molecule has 4 amide bonds. The van der Waals surface area contributed by atoms with Crippen molar-refractivity contribution in [2.24, 2.45) is 5.92 Å². The number of rotatable bonds is 10. The van der Waals surface area contributed by atoms with Gasteiger partial charge in [0.2, 0.25) is 23.5 Å². The van der Waals surface area contributed by atoms with Gasteiger partial charge in [0.05, 0.1) is 30.8 Å². The van der Waals surface area contributed by atoms with Crippen molar-refractivity contribution in [1.82, 2.24) is 20.9 Å². The summed E-state index contributed by atoms with van der Waals surface area (Å²) in [6.07, 6.45) is 8.13. The van der Waals surface area contributed by atoms with E-state index in [0.717, 1.165) is 44.1 Å². The predicted octanol–water partition coefficient (Wildman–Crippen LogP) is 3.39. The first-order valence-corrected chi connectivity index (χ1v) is 17.2. The summed E-state index contributed by atoms with van der Waals surface area (Å²) >= 11 is 0. The summed E-state index contributed by atoms with van der Waals surface area (Å²) in [5.41, 5.74) is 0.148. The number of carbonyl (C=O) groups is 5. The zero-order chi connectivity index (χ0) is 34.0. The average molecular weight is 653 g/mol. The van der Waals surface area contributed by atoms with Crippen molar-refractivity contribution in [1.29, 1.82) is 0 Å². The fourth-order valence-electron chi connectivity index (χ4n) is 6.84. The normalized spacial score (nSPS) is 24.4. The van der Waals surface area contributed by atoms with Crippen LogP contribution < -0.4 is 20.7 Å². The first-order valence-electron chi connectivity index (χ1n) is 17.2. The van der Waals surface area contributed by atoms with Crippen LogP contribution in [-0.2, 0) is 35.1 Å². The van der Waals surface area contributed by atoms with Crippen LogP contribution in [0.3, 0.4) is 0 Å². The van der Waals surface area contributed by atoms with Gasteiger partial charge in [-0.25, -0.2) is 0 Å². The third-order valence-electron chi connectivity index (χ3n) is 9.38. The number of hydrogen-bond acceptors (Lipinski definition) is 7. The standard InChI is InChI=1S/C36H52N4O7/c1-5-7-16-28(32(42)34(44)37-18-6-2)38-33(43)29-22-27-23-40(29)35(45)31(25-13-9-8-10-14-25)39-30(41)21-24-12-11-15-26(20-24)46-19-17-36(3,4)47-27/h6,11-12,15,20,25,27-29,31H,2,5,7-10,13-14,16-19,21-23H2,1,3-4H3,(H,37,44)(H,38,43)(H,39,41)/t27-,28?,29?,31+/m1/s1. The lowest BCUT2D eigenvalue weighted by Crippen LogP contribution is -2.58. The fourth-order valence-corrected chi connectivity index (χ4v) is 6.84. The number of ketones is 1. The largest absolute Gasteiger partial charge is 0.493 e. The average Bonchev–Trinajstić information content (AvgIpc) is 3.47. The number of hydrogen-bond donors (Lipinski definition) is 3. The maximum atomic E-state index is 14.5. The van der Waals surface area contributed by atoms with E-state index in [4.69, 9.17) is 9.47 Å². The van der Waals surface area contributed by atoms with Crippen LogP contribution in [0.2, 0.25) is 0 Å². The molecular weight excluding hydrogens is 600 g/mol. The number of Topliss-reactive ketones (excluding diaryl/α,β-unsaturated/α-hetero) is 1. The zero-order valence-corrected chi connectivity index (χ0v) is 28.2. The molecule has 1 aromatic rings. The molecule has 4 bridgehead atoms. The molecular formula is C36H52N4O7. The van der Waals surface area contributed by atoms with E-state index in [-0.39, 0.29) is 50.1 Å². The van der Waals surface area contributed by atoms with E-state index in [2.05, 4.69) is 22.5 Å². The lowest BCUT2D eigenvalue weighted by molar-refractivity contribution is -0.144. The van der Waals surface area contributed by atoms with Gasteiger partial charge in [-0.2, -0.15) is 0 Å². The third-order valence-corrected chi connectivity index (χ3v) is 9.38. The number of nitrogens with one attached hydrogen (secondary N) is 3. The van der Waals surface area contributed by atoms with Gasteiger partial charge < -0.3 is 30.3 Å². The molecule has 47 heavy (non-hydrogen) atoms. The summed E-state index contributed by atoms with van der Waals surface area (Å²) in [5, 5.41) is 8.36. The minimum atomic E-state index is -1.04. The minimum Gasteiger partial charge on any atom is -0.493 e. The second kappa shape index (κ2) is 16.9. The molecule has 1 aliphatic carbocycles. The van der Waals surface area contributed by atoms with Gasteiger partial charge in [-0.3, -0.25) is 24.0 Å². The van der Waals surface area contributed by atoms with Crippen LogP contribution in [0.25, 0.3) is 0 Å². The van der Waals surface area contributed by atoms with Crippen molar-refractivity contribution in [2.45, 2.75) is 121 Å². The molecule has 1 saturated carbocycles. The van der Waals surface area contributed by atoms with E-state index in [9.17, 15) is 24.0 Å². The van der Waals surface area contributed by atoms with E-state index in [1.807, 2.05) is 45.0 Å². The number of benzene rings is 1. The highest BCUT2D eigenvalue weighted by Gasteiger charge is 2.46. The van der Waals surface area contributed by atoms with Crippen LogP contribution in [0.15, 0.2) is 36.9 Å². The van der Waals surface area contributed by atoms with Gasteiger partial charge in [-0.15, -0.1) is 6.58 Å². The molecule has 3 aliphatic rings. The highest BCUT2D eigenvalue weighted by Crippen LogP contribution is 2.32. The first kappa shape index (κ1) is 36.1. The highest BCUT2D eigenvalue weighted by atomic mass is 16.5. The lowest BCUT2D eigenvalue weighted by Gasteiger charge is -2.35. The first-order chi connectivity index (χ1) is 22.5. The van der Waals surface area contributed by atoms with E-state index in [0.29, 0.717) is 25.2 Å². The number of amides is 4. The molecule has 1 aromatic carbocycles. The lowest BCUT2D eigenvalue weighted by atomic mass is 9.83. The molecule has 11 nitrogen and oxygen atoms in total. The summed E-state index contributed by atoms with van der Waals surface area (Å²) in [6.45, 7) is 10.1. The molecule has 1 saturated heterocycles. The van der Waals surface area contributed by atoms with E-state index >= 15 is 0 Å². The predicted molar refractivity (Wildman–Crippen MR) is 178 cm³/mol. The van der Waals surface area contributed by atoms with Gasteiger partial charge in [-0.1, -0.05) is 57.2 Å². The third kappa shape index (κ3) is 10.1.